The first kappa shape index (κ1) is 18.4. The Balaban J connectivity index is 1.55. The lowest BCUT2D eigenvalue weighted by Gasteiger charge is -2.07. The zero-order valence-electron chi connectivity index (χ0n) is 15.4. The second kappa shape index (κ2) is 8.82. The highest BCUT2D eigenvalue weighted by Crippen LogP contribution is 2.25. The van der Waals surface area contributed by atoms with Crippen LogP contribution in [0, 0.1) is 0 Å². The lowest BCUT2D eigenvalue weighted by atomic mass is 10.2. The van der Waals surface area contributed by atoms with Gasteiger partial charge in [-0.3, -0.25) is 4.99 Å². The molecule has 0 radical (unpaired) electrons. The molecular formula is C22H19N3OS2. The van der Waals surface area contributed by atoms with E-state index >= 15 is 0 Å². The summed E-state index contributed by atoms with van der Waals surface area (Å²) in [6.45, 7) is 0.544. The highest BCUT2D eigenvalue weighted by molar-refractivity contribution is 7.14. The number of rotatable bonds is 6. The zero-order chi connectivity index (χ0) is 19.2. The van der Waals surface area contributed by atoms with Crippen LogP contribution in [-0.4, -0.2) is 17.9 Å². The quantitative estimate of drug-likeness (QED) is 0.403. The summed E-state index contributed by atoms with van der Waals surface area (Å²) < 4.78 is 7.80. The van der Waals surface area contributed by atoms with Crippen molar-refractivity contribution < 1.29 is 4.74 Å². The first-order chi connectivity index (χ1) is 13.8. The molecule has 28 heavy (non-hydrogen) atoms. The smallest absolute Gasteiger partial charge is 0.205 e. The molecule has 4 nitrogen and oxygen atoms in total. The topological polar surface area (TPSA) is 38.9 Å². The molecular weight excluding hydrogens is 386 g/mol. The van der Waals surface area contributed by atoms with Crippen LogP contribution < -0.4 is 9.54 Å². The lowest BCUT2D eigenvalue weighted by Crippen LogP contribution is -2.11. The molecule has 0 aliphatic rings. The molecule has 0 saturated heterocycles. The van der Waals surface area contributed by atoms with E-state index in [0.717, 1.165) is 27.4 Å². The van der Waals surface area contributed by atoms with Gasteiger partial charge in [-0.1, -0.05) is 48.5 Å². The highest BCUT2D eigenvalue weighted by atomic mass is 32.1. The summed E-state index contributed by atoms with van der Waals surface area (Å²) in [5, 5.41) is 8.84. The Morgan fingerprint density at radius 2 is 1.89 bits per heavy atom. The van der Waals surface area contributed by atoms with E-state index < -0.39 is 0 Å². The predicted molar refractivity (Wildman–Crippen MR) is 117 cm³/mol. The summed E-state index contributed by atoms with van der Waals surface area (Å²) >= 11 is 3.28. The summed E-state index contributed by atoms with van der Waals surface area (Å²) in [6, 6.07) is 22.2. The Kier molecular flexibility index (Phi) is 5.80. The molecule has 2 aromatic carbocycles. The molecule has 0 fully saturated rings. The van der Waals surface area contributed by atoms with Gasteiger partial charge in [0.05, 0.1) is 16.8 Å². The molecule has 140 valence electrons. The fourth-order valence-corrected chi connectivity index (χ4v) is 4.30. The van der Waals surface area contributed by atoms with Crippen LogP contribution >= 0.6 is 22.7 Å². The number of thiophene rings is 1. The maximum Gasteiger partial charge on any atom is 0.205 e. The second-order valence-corrected chi connectivity index (χ2v) is 7.79. The average molecular weight is 406 g/mol. The summed E-state index contributed by atoms with van der Waals surface area (Å²) in [5.41, 5.74) is 3.17. The molecule has 2 heterocycles. The van der Waals surface area contributed by atoms with E-state index in [2.05, 4.69) is 39.1 Å². The second-order valence-electron chi connectivity index (χ2n) is 6.01. The van der Waals surface area contributed by atoms with E-state index in [4.69, 9.17) is 4.74 Å². The van der Waals surface area contributed by atoms with Crippen LogP contribution in [0.25, 0.3) is 10.6 Å². The average Bonchev–Trinajstić information content (AvgIpc) is 3.41. The molecule has 0 N–H and O–H groups in total. The minimum absolute atomic E-state index is 0.544. The number of ether oxygens (including phenoxy) is 1. The van der Waals surface area contributed by atoms with Crippen molar-refractivity contribution in [1.29, 1.82) is 0 Å². The molecule has 2 aromatic heterocycles. The van der Waals surface area contributed by atoms with Crippen molar-refractivity contribution in [2.24, 2.45) is 10.1 Å². The maximum absolute atomic E-state index is 5.91. The molecule has 0 amide bonds. The zero-order valence-corrected chi connectivity index (χ0v) is 17.0. The van der Waals surface area contributed by atoms with Crippen molar-refractivity contribution in [3.63, 3.8) is 0 Å². The van der Waals surface area contributed by atoms with Crippen LogP contribution in [-0.2, 0) is 6.61 Å². The summed E-state index contributed by atoms with van der Waals surface area (Å²) in [7, 11) is 1.79. The fourth-order valence-electron chi connectivity index (χ4n) is 2.71. The van der Waals surface area contributed by atoms with Crippen molar-refractivity contribution >= 4 is 28.9 Å². The molecule has 0 spiro atoms. The molecule has 4 aromatic rings. The lowest BCUT2D eigenvalue weighted by molar-refractivity contribution is 0.306. The van der Waals surface area contributed by atoms with E-state index in [1.165, 1.54) is 4.88 Å². The Hall–Kier alpha value is -2.96. The van der Waals surface area contributed by atoms with E-state index in [-0.39, 0.29) is 0 Å². The Bertz CT molecular complexity index is 1130. The molecule has 0 saturated carbocycles. The molecule has 0 bridgehead atoms. The number of nitrogens with zero attached hydrogens (tertiary/aromatic N) is 3. The van der Waals surface area contributed by atoms with Crippen LogP contribution in [0.3, 0.4) is 0 Å². The number of hydrogen-bond acceptors (Lipinski definition) is 5. The van der Waals surface area contributed by atoms with Gasteiger partial charge in [-0.05, 0) is 34.7 Å². The van der Waals surface area contributed by atoms with Gasteiger partial charge in [0.2, 0.25) is 4.80 Å². The predicted octanol–water partition coefficient (Wildman–Crippen LogP) is 5.27. The number of thiazole rings is 1. The molecule has 0 aliphatic heterocycles. The van der Waals surface area contributed by atoms with Gasteiger partial charge in [-0.2, -0.15) is 5.10 Å². The normalized spacial score (nSPS) is 12.0. The Morgan fingerprint density at radius 3 is 2.68 bits per heavy atom. The summed E-state index contributed by atoms with van der Waals surface area (Å²) in [5.74, 6) is 0.821. The fraction of sp³-hybridized carbons (Fsp3) is 0.0909. The highest BCUT2D eigenvalue weighted by Gasteiger charge is 2.07. The van der Waals surface area contributed by atoms with Gasteiger partial charge in [-0.15, -0.1) is 22.7 Å². The van der Waals surface area contributed by atoms with Crippen LogP contribution in [0.1, 0.15) is 11.1 Å². The largest absolute Gasteiger partial charge is 0.489 e. The van der Waals surface area contributed by atoms with Gasteiger partial charge < -0.3 is 4.74 Å². The van der Waals surface area contributed by atoms with E-state index in [1.807, 2.05) is 59.4 Å². The van der Waals surface area contributed by atoms with Crippen molar-refractivity contribution in [2.45, 2.75) is 6.61 Å². The maximum atomic E-state index is 5.91. The first-order valence-electron chi connectivity index (χ1n) is 8.82. The van der Waals surface area contributed by atoms with Crippen LogP contribution in [0.2, 0.25) is 0 Å². The van der Waals surface area contributed by atoms with E-state index in [0.29, 0.717) is 6.61 Å². The Morgan fingerprint density at radius 1 is 1.00 bits per heavy atom. The summed E-state index contributed by atoms with van der Waals surface area (Å²) in [6.07, 6.45) is 1.84. The van der Waals surface area contributed by atoms with E-state index in [1.54, 1.807) is 29.7 Å². The number of hydrogen-bond donors (Lipinski definition) is 0. The van der Waals surface area contributed by atoms with E-state index in [9.17, 15) is 0 Å². The third-order valence-corrected chi connectivity index (χ3v) is 5.88. The van der Waals surface area contributed by atoms with Gasteiger partial charge in [0, 0.05) is 12.4 Å². The van der Waals surface area contributed by atoms with Gasteiger partial charge in [-0.25, -0.2) is 4.68 Å². The van der Waals surface area contributed by atoms with Crippen LogP contribution in [0.5, 0.6) is 5.75 Å². The van der Waals surface area contributed by atoms with Gasteiger partial charge in [0.25, 0.3) is 0 Å². The monoisotopic (exact) mass is 405 g/mol. The third-order valence-electron chi connectivity index (χ3n) is 4.08. The van der Waals surface area contributed by atoms with Gasteiger partial charge >= 0.3 is 0 Å². The minimum atomic E-state index is 0.544. The minimum Gasteiger partial charge on any atom is -0.489 e. The SMILES string of the molecule is CN=c1scc(-c2cccs2)n1N=Cc1cccc(OCc2ccccc2)c1. The molecule has 6 heteroatoms. The molecule has 0 unspecified atom stereocenters. The van der Waals surface area contributed by atoms with Crippen molar-refractivity contribution in [2.75, 3.05) is 7.05 Å². The summed E-state index contributed by atoms with van der Waals surface area (Å²) in [4.78, 5) is 6.37. The third kappa shape index (κ3) is 4.30. The molecule has 0 aliphatic carbocycles. The Labute approximate surface area is 171 Å². The molecule has 0 atom stereocenters. The van der Waals surface area contributed by atoms with Crippen molar-refractivity contribution in [3.05, 3.63) is 93.4 Å². The van der Waals surface area contributed by atoms with Crippen molar-refractivity contribution in [3.8, 4) is 16.3 Å². The standard InChI is InChI=1S/C22H19N3OS2/c1-23-22-25(20(16-28-22)21-11-6-12-27-21)24-14-18-9-5-10-19(13-18)26-15-17-7-3-2-4-8-17/h2-14,16H,15H2,1H3. The van der Waals surface area contributed by atoms with Crippen molar-refractivity contribution in [1.82, 2.24) is 4.68 Å². The first-order valence-corrected chi connectivity index (χ1v) is 10.6. The number of benzene rings is 2. The number of aromatic nitrogens is 1. The van der Waals surface area contributed by atoms with Gasteiger partial charge in [0.1, 0.15) is 12.4 Å². The van der Waals surface area contributed by atoms with Gasteiger partial charge in [0.15, 0.2) is 0 Å². The van der Waals surface area contributed by atoms with Crippen LogP contribution in [0.15, 0.2) is 87.6 Å². The molecule has 4 rings (SSSR count). The van der Waals surface area contributed by atoms with Crippen LogP contribution in [0.4, 0.5) is 0 Å².